The number of anilines is 1. The number of aromatic nitrogens is 2. The normalized spacial score (nSPS) is 11.4. The van der Waals surface area contributed by atoms with Crippen LogP contribution in [0.25, 0.3) is 11.0 Å². The Labute approximate surface area is 184 Å². The first-order valence-corrected chi connectivity index (χ1v) is 9.64. The van der Waals surface area contributed by atoms with E-state index in [0.717, 1.165) is 6.07 Å². The van der Waals surface area contributed by atoms with Gasteiger partial charge >= 0.3 is 6.18 Å². The minimum absolute atomic E-state index is 0.216. The number of amides is 1. The van der Waals surface area contributed by atoms with E-state index in [1.54, 1.807) is 36.5 Å². The van der Waals surface area contributed by atoms with E-state index < -0.39 is 22.7 Å². The van der Waals surface area contributed by atoms with Crippen LogP contribution in [0, 0.1) is 0 Å². The second-order valence-corrected chi connectivity index (χ2v) is 7.22. The maximum absolute atomic E-state index is 13.1. The number of carbonyl (C=O) groups excluding carboxylic acids is 2. The van der Waals surface area contributed by atoms with E-state index in [9.17, 15) is 22.8 Å². The monoisotopic (exact) mass is 455 g/mol. The summed E-state index contributed by atoms with van der Waals surface area (Å²) >= 11 is 5.60. The highest BCUT2D eigenvalue weighted by Gasteiger charge is 2.33. The van der Waals surface area contributed by atoms with Crippen LogP contribution in [0.5, 0.6) is 0 Å². The minimum atomic E-state index is -4.69. The van der Waals surface area contributed by atoms with Crippen molar-refractivity contribution in [3.05, 3.63) is 100 Å². The van der Waals surface area contributed by atoms with Gasteiger partial charge in [0.05, 0.1) is 21.6 Å². The summed E-state index contributed by atoms with van der Waals surface area (Å²) in [4.78, 5) is 33.7. The van der Waals surface area contributed by atoms with Gasteiger partial charge in [-0.25, -0.2) is 0 Å². The molecule has 0 saturated heterocycles. The van der Waals surface area contributed by atoms with Crippen LogP contribution in [-0.2, 0) is 6.18 Å². The average Bonchev–Trinajstić information content (AvgIpc) is 2.78. The molecule has 0 bridgehead atoms. The third-order valence-corrected chi connectivity index (χ3v) is 4.98. The number of benzene rings is 3. The molecule has 160 valence electrons. The van der Waals surface area contributed by atoms with Crippen LogP contribution >= 0.6 is 11.6 Å². The summed E-state index contributed by atoms with van der Waals surface area (Å²) in [5, 5.41) is 2.01. The number of hydrogen-bond acceptors (Lipinski definition) is 4. The summed E-state index contributed by atoms with van der Waals surface area (Å²) in [7, 11) is 0. The van der Waals surface area contributed by atoms with Gasteiger partial charge in [0, 0.05) is 34.8 Å². The summed E-state index contributed by atoms with van der Waals surface area (Å²) in [5.74, 6) is -1.07. The molecule has 1 amide bonds. The van der Waals surface area contributed by atoms with Gasteiger partial charge in [-0.3, -0.25) is 19.6 Å². The lowest BCUT2D eigenvalue weighted by Crippen LogP contribution is -2.14. The van der Waals surface area contributed by atoms with Crippen LogP contribution < -0.4 is 5.32 Å². The fourth-order valence-corrected chi connectivity index (χ4v) is 3.32. The Kier molecular flexibility index (Phi) is 5.63. The molecular formula is C23H13ClF3N3O2. The highest BCUT2D eigenvalue weighted by molar-refractivity contribution is 6.31. The standard InChI is InChI=1S/C23H13ClF3N3O2/c24-18-6-4-15(11-17(18)23(25,26)27)22(32)30-16-3-1-2-13(10-16)21(31)14-5-7-19-20(12-14)29-9-8-28-19/h1-12H,(H,30,32). The van der Waals surface area contributed by atoms with Gasteiger partial charge in [0.25, 0.3) is 5.91 Å². The molecule has 0 aliphatic heterocycles. The highest BCUT2D eigenvalue weighted by atomic mass is 35.5. The topological polar surface area (TPSA) is 72.0 Å². The molecule has 0 saturated carbocycles. The molecule has 1 aromatic heterocycles. The molecule has 3 aromatic carbocycles. The Balaban J connectivity index is 1.58. The SMILES string of the molecule is O=C(Nc1cccc(C(=O)c2ccc3nccnc3c2)c1)c1ccc(Cl)c(C(F)(F)F)c1. The molecule has 9 heteroatoms. The summed E-state index contributed by atoms with van der Waals surface area (Å²) in [6, 6.07) is 13.9. The highest BCUT2D eigenvalue weighted by Crippen LogP contribution is 2.35. The predicted octanol–water partition coefficient (Wildman–Crippen LogP) is 5.79. The van der Waals surface area contributed by atoms with Crippen molar-refractivity contribution in [3.63, 3.8) is 0 Å². The van der Waals surface area contributed by atoms with Crippen LogP contribution in [0.3, 0.4) is 0 Å². The van der Waals surface area contributed by atoms with Crippen LogP contribution in [0.2, 0.25) is 5.02 Å². The molecule has 0 unspecified atom stereocenters. The summed E-state index contributed by atoms with van der Waals surface area (Å²) in [6.07, 6.45) is -1.62. The number of fused-ring (bicyclic) bond motifs is 1. The predicted molar refractivity (Wildman–Crippen MR) is 114 cm³/mol. The van der Waals surface area contributed by atoms with Crippen molar-refractivity contribution in [2.24, 2.45) is 0 Å². The first kappa shape index (κ1) is 21.5. The van der Waals surface area contributed by atoms with Crippen LogP contribution in [0.4, 0.5) is 18.9 Å². The van der Waals surface area contributed by atoms with Gasteiger partial charge in [0.2, 0.25) is 0 Å². The molecule has 32 heavy (non-hydrogen) atoms. The zero-order valence-corrected chi connectivity index (χ0v) is 16.9. The molecule has 0 spiro atoms. The quantitative estimate of drug-likeness (QED) is 0.396. The second-order valence-electron chi connectivity index (χ2n) is 6.82. The molecule has 0 radical (unpaired) electrons. The molecule has 4 rings (SSSR count). The van der Waals surface area contributed by atoms with Crippen molar-refractivity contribution < 1.29 is 22.8 Å². The zero-order valence-electron chi connectivity index (χ0n) is 16.2. The van der Waals surface area contributed by atoms with Gasteiger partial charge in [-0.05, 0) is 48.5 Å². The molecule has 0 fully saturated rings. The van der Waals surface area contributed by atoms with Gasteiger partial charge in [-0.1, -0.05) is 23.7 Å². The summed E-state index contributed by atoms with van der Waals surface area (Å²) in [6.45, 7) is 0. The summed E-state index contributed by atoms with van der Waals surface area (Å²) in [5.41, 5.74) is 0.816. The Morgan fingerprint density at radius 2 is 1.50 bits per heavy atom. The average molecular weight is 456 g/mol. The number of ketones is 1. The van der Waals surface area contributed by atoms with Gasteiger partial charge < -0.3 is 5.32 Å². The number of nitrogens with zero attached hydrogens (tertiary/aromatic N) is 2. The molecule has 4 aromatic rings. The molecule has 5 nitrogen and oxygen atoms in total. The van der Waals surface area contributed by atoms with Crippen LogP contribution in [-0.4, -0.2) is 21.7 Å². The Morgan fingerprint density at radius 1 is 0.812 bits per heavy atom. The van der Waals surface area contributed by atoms with Crippen molar-refractivity contribution in [1.29, 1.82) is 0 Å². The van der Waals surface area contributed by atoms with E-state index in [1.807, 2.05) is 0 Å². The molecule has 1 heterocycles. The Hall–Kier alpha value is -3.78. The number of carbonyl (C=O) groups is 2. The molecule has 1 N–H and O–H groups in total. The number of halogens is 4. The molecule has 0 aliphatic rings. The van der Waals surface area contributed by atoms with Gasteiger partial charge in [-0.2, -0.15) is 13.2 Å². The fourth-order valence-electron chi connectivity index (χ4n) is 3.10. The lowest BCUT2D eigenvalue weighted by Gasteiger charge is -2.11. The number of alkyl halides is 3. The lowest BCUT2D eigenvalue weighted by molar-refractivity contribution is -0.137. The molecule has 0 aliphatic carbocycles. The van der Waals surface area contributed by atoms with Crippen LogP contribution in [0.15, 0.2) is 73.1 Å². The van der Waals surface area contributed by atoms with Gasteiger partial charge in [0.15, 0.2) is 5.78 Å². The maximum atomic E-state index is 13.1. The van der Waals surface area contributed by atoms with Crippen molar-refractivity contribution >= 4 is 40.0 Å². The van der Waals surface area contributed by atoms with E-state index in [-0.39, 0.29) is 22.6 Å². The molecule has 0 atom stereocenters. The van der Waals surface area contributed by atoms with Crippen molar-refractivity contribution in [1.82, 2.24) is 9.97 Å². The third-order valence-electron chi connectivity index (χ3n) is 4.65. The van der Waals surface area contributed by atoms with E-state index in [2.05, 4.69) is 15.3 Å². The van der Waals surface area contributed by atoms with E-state index in [1.165, 1.54) is 24.4 Å². The lowest BCUT2D eigenvalue weighted by atomic mass is 10.0. The number of hydrogen-bond donors (Lipinski definition) is 1. The maximum Gasteiger partial charge on any atom is 0.417 e. The Bertz CT molecular complexity index is 1360. The first-order chi connectivity index (χ1) is 15.2. The van der Waals surface area contributed by atoms with E-state index >= 15 is 0 Å². The van der Waals surface area contributed by atoms with Gasteiger partial charge in [-0.15, -0.1) is 0 Å². The molecular weight excluding hydrogens is 443 g/mol. The minimum Gasteiger partial charge on any atom is -0.322 e. The Morgan fingerprint density at radius 3 is 2.25 bits per heavy atom. The smallest absolute Gasteiger partial charge is 0.322 e. The third kappa shape index (κ3) is 4.45. The van der Waals surface area contributed by atoms with Crippen molar-refractivity contribution in [3.8, 4) is 0 Å². The van der Waals surface area contributed by atoms with Crippen LogP contribution in [0.1, 0.15) is 31.8 Å². The second kappa shape index (κ2) is 8.39. The first-order valence-electron chi connectivity index (χ1n) is 9.26. The van der Waals surface area contributed by atoms with E-state index in [0.29, 0.717) is 22.7 Å². The zero-order chi connectivity index (χ0) is 22.9. The number of nitrogens with one attached hydrogen (secondary N) is 1. The van der Waals surface area contributed by atoms with Crippen molar-refractivity contribution in [2.45, 2.75) is 6.18 Å². The van der Waals surface area contributed by atoms with Gasteiger partial charge in [0.1, 0.15) is 0 Å². The van der Waals surface area contributed by atoms with E-state index in [4.69, 9.17) is 11.6 Å². The largest absolute Gasteiger partial charge is 0.417 e. The number of rotatable bonds is 4. The fraction of sp³-hybridized carbons (Fsp3) is 0.0435. The van der Waals surface area contributed by atoms with Crippen molar-refractivity contribution in [2.75, 3.05) is 5.32 Å². The summed E-state index contributed by atoms with van der Waals surface area (Å²) < 4.78 is 39.2.